The Kier molecular flexibility index (Phi) is 2.59. The number of carboxylic acids is 1. The van der Waals surface area contributed by atoms with Crippen LogP contribution in [0.5, 0.6) is 0 Å². The Morgan fingerprint density at radius 2 is 1.74 bits per heavy atom. The van der Waals surface area contributed by atoms with Crippen LogP contribution in [0.2, 0.25) is 0 Å². The Balaban J connectivity index is 1.52. The SMILES string of the molecule is O=C(O)[C@@H]1[C@@H]2C=C[C@@H]([C@@H]3C[C@H]23)[C@@H]1C(=O)N1CCc2ccccc21. The lowest BCUT2D eigenvalue weighted by Crippen LogP contribution is -2.51. The first kappa shape index (κ1) is 13.3. The number of allylic oxidation sites excluding steroid dienone is 2. The highest BCUT2D eigenvalue weighted by Crippen LogP contribution is 2.64. The van der Waals surface area contributed by atoms with E-state index in [4.69, 9.17) is 0 Å². The number of aliphatic carboxylic acids is 1. The predicted molar refractivity (Wildman–Crippen MR) is 84.8 cm³/mol. The molecule has 4 heteroatoms. The lowest BCUT2D eigenvalue weighted by molar-refractivity contribution is -0.152. The number of rotatable bonds is 2. The molecule has 0 radical (unpaired) electrons. The van der Waals surface area contributed by atoms with Gasteiger partial charge in [0.05, 0.1) is 11.8 Å². The summed E-state index contributed by atoms with van der Waals surface area (Å²) in [5.74, 6) is -0.520. The Hall–Kier alpha value is -2.10. The molecule has 2 bridgehead atoms. The van der Waals surface area contributed by atoms with E-state index in [1.165, 1.54) is 5.56 Å². The van der Waals surface area contributed by atoms with Gasteiger partial charge in [-0.05, 0) is 48.1 Å². The van der Waals surface area contributed by atoms with Crippen molar-refractivity contribution in [3.8, 4) is 0 Å². The summed E-state index contributed by atoms with van der Waals surface area (Å²) in [6, 6.07) is 7.98. The monoisotopic (exact) mass is 309 g/mol. The van der Waals surface area contributed by atoms with Crippen LogP contribution in [0.1, 0.15) is 12.0 Å². The number of para-hydroxylation sites is 1. The number of nitrogens with zero attached hydrogens (tertiary/aromatic N) is 1. The van der Waals surface area contributed by atoms with E-state index in [1.807, 2.05) is 23.1 Å². The molecule has 5 aliphatic rings. The molecular formula is C19H19NO3. The minimum atomic E-state index is -0.805. The molecule has 23 heavy (non-hydrogen) atoms. The molecule has 118 valence electrons. The van der Waals surface area contributed by atoms with E-state index in [1.54, 1.807) is 0 Å². The molecule has 1 amide bonds. The third kappa shape index (κ3) is 1.72. The first-order valence-electron chi connectivity index (χ1n) is 8.47. The summed E-state index contributed by atoms with van der Waals surface area (Å²) in [6.45, 7) is 0.677. The average molecular weight is 309 g/mol. The van der Waals surface area contributed by atoms with E-state index in [9.17, 15) is 14.7 Å². The highest BCUT2D eigenvalue weighted by molar-refractivity contribution is 5.99. The minimum Gasteiger partial charge on any atom is -0.481 e. The fourth-order valence-electron chi connectivity index (χ4n) is 5.30. The summed E-state index contributed by atoms with van der Waals surface area (Å²) in [5, 5.41) is 9.75. The number of amides is 1. The number of carboxylic acid groups (broad SMARTS) is 1. The second-order valence-electron chi connectivity index (χ2n) is 7.36. The molecule has 0 unspecified atom stereocenters. The number of carbonyl (C=O) groups excluding carboxylic acids is 1. The van der Waals surface area contributed by atoms with Crippen molar-refractivity contribution in [2.75, 3.05) is 11.4 Å². The van der Waals surface area contributed by atoms with Gasteiger partial charge in [0.2, 0.25) is 5.91 Å². The standard InChI is InChI=1S/C19H19NO3/c21-18(20-8-7-10-3-1-2-4-15(10)20)16-11-5-6-12(14-9-13(11)14)17(16)19(22)23/h1-6,11-14,16-17H,7-9H2,(H,22,23)/t11-,12+,13-,14+,16-,17+/m0/s1. The molecule has 1 aromatic carbocycles. The molecule has 4 nitrogen and oxygen atoms in total. The van der Waals surface area contributed by atoms with Crippen molar-refractivity contribution < 1.29 is 14.7 Å². The Bertz CT molecular complexity index is 740. The first-order chi connectivity index (χ1) is 11.2. The zero-order chi connectivity index (χ0) is 15.7. The molecule has 1 aromatic rings. The van der Waals surface area contributed by atoms with Crippen LogP contribution in [-0.2, 0) is 16.0 Å². The maximum absolute atomic E-state index is 13.3. The zero-order valence-electron chi connectivity index (χ0n) is 12.8. The molecular weight excluding hydrogens is 290 g/mol. The number of carbonyl (C=O) groups is 2. The summed E-state index contributed by atoms with van der Waals surface area (Å²) in [7, 11) is 0. The van der Waals surface area contributed by atoms with Crippen LogP contribution in [0.3, 0.4) is 0 Å². The molecule has 1 heterocycles. The number of hydrogen-bond donors (Lipinski definition) is 1. The molecule has 2 fully saturated rings. The van der Waals surface area contributed by atoms with Gasteiger partial charge in [-0.1, -0.05) is 30.4 Å². The van der Waals surface area contributed by atoms with Gasteiger partial charge < -0.3 is 10.0 Å². The first-order valence-corrected chi connectivity index (χ1v) is 8.47. The van der Waals surface area contributed by atoms with Gasteiger partial charge in [-0.25, -0.2) is 0 Å². The van der Waals surface area contributed by atoms with Crippen molar-refractivity contribution in [2.24, 2.45) is 35.5 Å². The van der Waals surface area contributed by atoms with Gasteiger partial charge in [-0.3, -0.25) is 9.59 Å². The molecule has 0 spiro atoms. The number of benzene rings is 1. The molecule has 2 saturated carbocycles. The summed E-state index contributed by atoms with van der Waals surface area (Å²) >= 11 is 0. The summed E-state index contributed by atoms with van der Waals surface area (Å²) in [5.41, 5.74) is 2.16. The number of anilines is 1. The molecule has 6 atom stereocenters. The number of hydrogen-bond acceptors (Lipinski definition) is 2. The summed E-state index contributed by atoms with van der Waals surface area (Å²) < 4.78 is 0. The van der Waals surface area contributed by atoms with Gasteiger partial charge in [0.25, 0.3) is 0 Å². The minimum absolute atomic E-state index is 0.0204. The van der Waals surface area contributed by atoms with Gasteiger partial charge in [-0.15, -0.1) is 0 Å². The molecule has 0 saturated heterocycles. The lowest BCUT2D eigenvalue weighted by atomic mass is 9.62. The normalized spacial score (nSPS) is 39.0. The van der Waals surface area contributed by atoms with E-state index in [2.05, 4.69) is 18.2 Å². The fraction of sp³-hybridized carbons (Fsp3) is 0.474. The van der Waals surface area contributed by atoms with Crippen LogP contribution in [-0.4, -0.2) is 23.5 Å². The fourth-order valence-corrected chi connectivity index (χ4v) is 5.30. The van der Waals surface area contributed by atoms with Crippen LogP contribution in [0.4, 0.5) is 5.69 Å². The molecule has 4 aliphatic carbocycles. The molecule has 1 N–H and O–H groups in total. The van der Waals surface area contributed by atoms with Crippen molar-refractivity contribution >= 4 is 17.6 Å². The maximum atomic E-state index is 13.3. The maximum Gasteiger partial charge on any atom is 0.307 e. The van der Waals surface area contributed by atoms with E-state index in [0.717, 1.165) is 18.5 Å². The van der Waals surface area contributed by atoms with Gasteiger partial charge >= 0.3 is 5.97 Å². The third-order valence-corrected chi connectivity index (χ3v) is 6.38. The quantitative estimate of drug-likeness (QED) is 0.853. The summed E-state index contributed by atoms with van der Waals surface area (Å²) in [6.07, 6.45) is 6.15. The van der Waals surface area contributed by atoms with E-state index in [0.29, 0.717) is 18.4 Å². The predicted octanol–water partition coefficient (Wildman–Crippen LogP) is 2.34. The zero-order valence-corrected chi connectivity index (χ0v) is 12.8. The highest BCUT2D eigenvalue weighted by Gasteiger charge is 2.63. The second kappa shape index (κ2) is 4.47. The second-order valence-corrected chi connectivity index (χ2v) is 7.36. The van der Waals surface area contributed by atoms with Crippen LogP contribution < -0.4 is 4.90 Å². The Morgan fingerprint density at radius 1 is 1.04 bits per heavy atom. The topological polar surface area (TPSA) is 57.6 Å². The number of fused-ring (bicyclic) bond motifs is 2. The van der Waals surface area contributed by atoms with Gasteiger partial charge in [0.1, 0.15) is 0 Å². The van der Waals surface area contributed by atoms with E-state index >= 15 is 0 Å². The molecule has 0 aromatic heterocycles. The van der Waals surface area contributed by atoms with Gasteiger partial charge in [-0.2, -0.15) is 0 Å². The van der Waals surface area contributed by atoms with Crippen LogP contribution in [0, 0.1) is 35.5 Å². The Morgan fingerprint density at radius 3 is 2.48 bits per heavy atom. The Labute approximate surface area is 134 Å². The van der Waals surface area contributed by atoms with Gasteiger partial charge in [0.15, 0.2) is 0 Å². The lowest BCUT2D eigenvalue weighted by Gasteiger charge is -2.43. The van der Waals surface area contributed by atoms with Crippen LogP contribution in [0.15, 0.2) is 36.4 Å². The summed E-state index contributed by atoms with van der Waals surface area (Å²) in [4.78, 5) is 27.0. The van der Waals surface area contributed by atoms with Crippen molar-refractivity contribution in [1.29, 1.82) is 0 Å². The van der Waals surface area contributed by atoms with Crippen LogP contribution >= 0.6 is 0 Å². The van der Waals surface area contributed by atoms with Gasteiger partial charge in [0, 0.05) is 12.2 Å². The van der Waals surface area contributed by atoms with Crippen molar-refractivity contribution in [3.63, 3.8) is 0 Å². The van der Waals surface area contributed by atoms with Crippen molar-refractivity contribution in [2.45, 2.75) is 12.8 Å². The highest BCUT2D eigenvalue weighted by atomic mass is 16.4. The third-order valence-electron chi connectivity index (χ3n) is 6.38. The molecule has 1 aliphatic heterocycles. The average Bonchev–Trinajstić information content (AvgIpc) is 3.28. The van der Waals surface area contributed by atoms with E-state index < -0.39 is 17.8 Å². The van der Waals surface area contributed by atoms with Crippen molar-refractivity contribution in [1.82, 2.24) is 0 Å². The van der Waals surface area contributed by atoms with Crippen molar-refractivity contribution in [3.05, 3.63) is 42.0 Å². The largest absolute Gasteiger partial charge is 0.481 e. The molecule has 6 rings (SSSR count). The van der Waals surface area contributed by atoms with E-state index in [-0.39, 0.29) is 17.7 Å². The smallest absolute Gasteiger partial charge is 0.307 e. The van der Waals surface area contributed by atoms with Crippen LogP contribution in [0.25, 0.3) is 0 Å².